The zero-order valence-corrected chi connectivity index (χ0v) is 15.5. The van der Waals surface area contributed by atoms with Crippen LogP contribution in [0.1, 0.15) is 12.0 Å². The van der Waals surface area contributed by atoms with Crippen LogP contribution in [-0.2, 0) is 11.2 Å². The van der Waals surface area contributed by atoms with Gasteiger partial charge in [-0.25, -0.2) is 0 Å². The van der Waals surface area contributed by atoms with Gasteiger partial charge in [0.25, 0.3) is 0 Å². The van der Waals surface area contributed by atoms with E-state index >= 15 is 0 Å². The second-order valence-corrected chi connectivity index (χ2v) is 7.29. The molecule has 0 spiro atoms. The first-order chi connectivity index (χ1) is 12.7. The standard InChI is InChI=1S/C18H16ClN5OS/c19-14-7-9-15(10-8-14)24-18(20-21-22-24)26-12-17(25)23-11-3-5-13-4-1-2-6-16(13)23/h1-2,4,6-10H,3,5,11-12H2. The van der Waals surface area contributed by atoms with E-state index in [0.29, 0.717) is 10.2 Å². The van der Waals surface area contributed by atoms with E-state index in [4.69, 9.17) is 11.6 Å². The Morgan fingerprint density at radius 2 is 1.96 bits per heavy atom. The lowest BCUT2D eigenvalue weighted by molar-refractivity contribution is -0.116. The average Bonchev–Trinajstić information content (AvgIpc) is 3.15. The molecule has 6 nitrogen and oxygen atoms in total. The van der Waals surface area contributed by atoms with Gasteiger partial charge in [-0.2, -0.15) is 4.68 Å². The molecule has 0 aliphatic carbocycles. The van der Waals surface area contributed by atoms with E-state index in [-0.39, 0.29) is 11.7 Å². The van der Waals surface area contributed by atoms with Crippen molar-refractivity contribution < 1.29 is 4.79 Å². The van der Waals surface area contributed by atoms with Gasteiger partial charge in [0.2, 0.25) is 11.1 Å². The molecule has 0 fully saturated rings. The Balaban J connectivity index is 1.48. The second kappa shape index (κ2) is 7.47. The molecule has 0 radical (unpaired) electrons. The predicted molar refractivity (Wildman–Crippen MR) is 102 cm³/mol. The fourth-order valence-electron chi connectivity index (χ4n) is 3.01. The zero-order valence-electron chi connectivity index (χ0n) is 13.9. The van der Waals surface area contributed by atoms with Crippen LogP contribution in [-0.4, -0.2) is 38.4 Å². The highest BCUT2D eigenvalue weighted by Crippen LogP contribution is 2.28. The fraction of sp³-hybridized carbons (Fsp3) is 0.222. The van der Waals surface area contributed by atoms with Crippen molar-refractivity contribution >= 4 is 35.0 Å². The Labute approximate surface area is 160 Å². The third-order valence-electron chi connectivity index (χ3n) is 4.25. The number of hydrogen-bond acceptors (Lipinski definition) is 5. The minimum Gasteiger partial charge on any atom is -0.311 e. The lowest BCUT2D eigenvalue weighted by Crippen LogP contribution is -2.36. The van der Waals surface area contributed by atoms with Crippen molar-refractivity contribution in [2.75, 3.05) is 17.2 Å². The molecule has 2 aromatic carbocycles. The summed E-state index contributed by atoms with van der Waals surface area (Å²) in [6.45, 7) is 0.749. The van der Waals surface area contributed by atoms with Crippen LogP contribution in [0, 0.1) is 0 Å². The molecule has 0 N–H and O–H groups in total. The van der Waals surface area contributed by atoms with Gasteiger partial charge in [0.05, 0.1) is 11.4 Å². The Hall–Kier alpha value is -2.38. The second-order valence-electron chi connectivity index (χ2n) is 5.92. The predicted octanol–water partition coefficient (Wildman–Crippen LogP) is 3.39. The van der Waals surface area contributed by atoms with Crippen LogP contribution in [0.2, 0.25) is 5.02 Å². The number of para-hydroxylation sites is 1. The van der Waals surface area contributed by atoms with E-state index in [1.807, 2.05) is 35.2 Å². The summed E-state index contributed by atoms with van der Waals surface area (Å²) in [4.78, 5) is 14.6. The summed E-state index contributed by atoms with van der Waals surface area (Å²) in [7, 11) is 0. The van der Waals surface area contributed by atoms with Crippen molar-refractivity contribution in [2.45, 2.75) is 18.0 Å². The van der Waals surface area contributed by atoms with Crippen LogP contribution < -0.4 is 4.90 Å². The SMILES string of the molecule is O=C(CSc1nnnn1-c1ccc(Cl)cc1)N1CCCc2ccccc21. The van der Waals surface area contributed by atoms with Crippen LogP contribution in [0.5, 0.6) is 0 Å². The molecular weight excluding hydrogens is 370 g/mol. The largest absolute Gasteiger partial charge is 0.311 e. The van der Waals surface area contributed by atoms with Gasteiger partial charge >= 0.3 is 0 Å². The van der Waals surface area contributed by atoms with Crippen LogP contribution >= 0.6 is 23.4 Å². The summed E-state index contributed by atoms with van der Waals surface area (Å²) in [6.07, 6.45) is 2.00. The van der Waals surface area contributed by atoms with Crippen molar-refractivity contribution in [1.82, 2.24) is 20.2 Å². The van der Waals surface area contributed by atoms with E-state index in [9.17, 15) is 4.79 Å². The molecule has 0 saturated carbocycles. The van der Waals surface area contributed by atoms with Crippen molar-refractivity contribution in [1.29, 1.82) is 0 Å². The molecule has 1 aliphatic rings. The highest BCUT2D eigenvalue weighted by Gasteiger charge is 2.23. The van der Waals surface area contributed by atoms with E-state index < -0.39 is 0 Å². The molecule has 2 heterocycles. The van der Waals surface area contributed by atoms with Crippen LogP contribution in [0.25, 0.3) is 5.69 Å². The van der Waals surface area contributed by atoms with Gasteiger partial charge in [-0.1, -0.05) is 41.6 Å². The third kappa shape index (κ3) is 3.45. The number of benzene rings is 2. The van der Waals surface area contributed by atoms with Crippen molar-refractivity contribution in [3.8, 4) is 5.69 Å². The summed E-state index contributed by atoms with van der Waals surface area (Å²) >= 11 is 7.26. The quantitative estimate of drug-likeness (QED) is 0.644. The van der Waals surface area contributed by atoms with Gasteiger partial charge in [-0.15, -0.1) is 5.10 Å². The minimum atomic E-state index is 0.0628. The molecule has 1 aromatic heterocycles. The molecule has 0 saturated heterocycles. The molecule has 4 rings (SSSR count). The lowest BCUT2D eigenvalue weighted by Gasteiger charge is -2.29. The number of thioether (sulfide) groups is 1. The molecule has 0 atom stereocenters. The molecule has 1 amide bonds. The number of aryl methyl sites for hydroxylation is 1. The number of carbonyl (C=O) groups is 1. The monoisotopic (exact) mass is 385 g/mol. The van der Waals surface area contributed by atoms with Crippen LogP contribution in [0.3, 0.4) is 0 Å². The minimum absolute atomic E-state index is 0.0628. The van der Waals surface area contributed by atoms with E-state index in [0.717, 1.165) is 30.8 Å². The summed E-state index contributed by atoms with van der Waals surface area (Å²) in [5, 5.41) is 13.0. The maximum atomic E-state index is 12.8. The summed E-state index contributed by atoms with van der Waals surface area (Å²) in [6, 6.07) is 15.3. The highest BCUT2D eigenvalue weighted by atomic mass is 35.5. The number of aromatic nitrogens is 4. The number of nitrogens with zero attached hydrogens (tertiary/aromatic N) is 5. The van der Waals surface area contributed by atoms with Gasteiger partial charge in [0.1, 0.15) is 0 Å². The number of hydrogen-bond donors (Lipinski definition) is 0. The normalized spacial score (nSPS) is 13.5. The number of anilines is 1. The van der Waals surface area contributed by atoms with E-state index in [2.05, 4.69) is 21.6 Å². The maximum Gasteiger partial charge on any atom is 0.237 e. The molecule has 8 heteroatoms. The molecular formula is C18H16ClN5OS. The lowest BCUT2D eigenvalue weighted by atomic mass is 10.0. The molecule has 0 bridgehead atoms. The number of tetrazole rings is 1. The maximum absolute atomic E-state index is 12.8. The number of halogens is 1. The summed E-state index contributed by atoms with van der Waals surface area (Å²) in [5.41, 5.74) is 3.04. The number of rotatable bonds is 4. The summed E-state index contributed by atoms with van der Waals surface area (Å²) in [5.74, 6) is 0.343. The van der Waals surface area contributed by atoms with Gasteiger partial charge in [-0.05, 0) is 59.2 Å². The number of carbonyl (C=O) groups excluding carboxylic acids is 1. The molecule has 26 heavy (non-hydrogen) atoms. The highest BCUT2D eigenvalue weighted by molar-refractivity contribution is 7.99. The molecule has 3 aromatic rings. The van der Waals surface area contributed by atoms with Gasteiger partial charge in [-0.3, -0.25) is 4.79 Å². The van der Waals surface area contributed by atoms with Crippen LogP contribution in [0.15, 0.2) is 53.7 Å². The van der Waals surface area contributed by atoms with Crippen molar-refractivity contribution in [3.63, 3.8) is 0 Å². The van der Waals surface area contributed by atoms with Crippen molar-refractivity contribution in [2.24, 2.45) is 0 Å². The number of amides is 1. The number of fused-ring (bicyclic) bond motifs is 1. The van der Waals surface area contributed by atoms with Crippen LogP contribution in [0.4, 0.5) is 5.69 Å². The molecule has 132 valence electrons. The average molecular weight is 386 g/mol. The van der Waals surface area contributed by atoms with Crippen molar-refractivity contribution in [3.05, 3.63) is 59.1 Å². The first-order valence-electron chi connectivity index (χ1n) is 8.28. The van der Waals surface area contributed by atoms with Gasteiger partial charge in [0, 0.05) is 17.3 Å². The smallest absolute Gasteiger partial charge is 0.237 e. The topological polar surface area (TPSA) is 63.9 Å². The first kappa shape index (κ1) is 17.1. The molecule has 1 aliphatic heterocycles. The Morgan fingerprint density at radius 1 is 1.15 bits per heavy atom. The van der Waals surface area contributed by atoms with E-state index in [1.165, 1.54) is 17.3 Å². The van der Waals surface area contributed by atoms with Gasteiger partial charge in [0.15, 0.2) is 0 Å². The Kier molecular flexibility index (Phi) is 4.90. The van der Waals surface area contributed by atoms with Gasteiger partial charge < -0.3 is 4.90 Å². The Bertz CT molecular complexity index is 927. The third-order valence-corrected chi connectivity index (χ3v) is 5.40. The zero-order chi connectivity index (χ0) is 17.9. The Morgan fingerprint density at radius 3 is 2.81 bits per heavy atom. The molecule has 0 unspecified atom stereocenters. The fourth-order valence-corrected chi connectivity index (χ4v) is 3.90. The summed E-state index contributed by atoms with van der Waals surface area (Å²) < 4.78 is 1.61. The van der Waals surface area contributed by atoms with E-state index in [1.54, 1.807) is 16.8 Å². The first-order valence-corrected chi connectivity index (χ1v) is 9.64.